The lowest BCUT2D eigenvalue weighted by Crippen LogP contribution is -2.49. The summed E-state index contributed by atoms with van der Waals surface area (Å²) in [4.78, 5) is 7.47. The SMILES string of the molecule is CN1CCN(C2CCN(c3ccc4ccc(O)c(CO)c4c3)C2)CC1. The molecule has 0 spiro atoms. The van der Waals surface area contributed by atoms with Gasteiger partial charge in [0.15, 0.2) is 0 Å². The van der Waals surface area contributed by atoms with E-state index in [2.05, 4.69) is 39.9 Å². The Labute approximate surface area is 149 Å². The van der Waals surface area contributed by atoms with Crippen LogP contribution < -0.4 is 4.90 Å². The van der Waals surface area contributed by atoms with Crippen LogP contribution in [0.3, 0.4) is 0 Å². The van der Waals surface area contributed by atoms with Crippen LogP contribution in [0.1, 0.15) is 12.0 Å². The molecule has 2 aliphatic heterocycles. The summed E-state index contributed by atoms with van der Waals surface area (Å²) in [6, 6.07) is 10.6. The van der Waals surface area contributed by atoms with Crippen molar-refractivity contribution in [3.05, 3.63) is 35.9 Å². The van der Waals surface area contributed by atoms with Gasteiger partial charge in [0.1, 0.15) is 5.75 Å². The standard InChI is InChI=1S/C20H27N3O2/c1-21-8-10-22(11-9-21)17-6-7-23(13-17)16-4-2-15-3-5-20(25)19(14-24)18(15)12-16/h2-5,12,17,24-25H,6-11,13-14H2,1H3. The first kappa shape index (κ1) is 16.6. The van der Waals surface area contributed by atoms with Gasteiger partial charge < -0.3 is 20.0 Å². The highest BCUT2D eigenvalue weighted by molar-refractivity contribution is 5.90. The Kier molecular flexibility index (Phi) is 4.54. The van der Waals surface area contributed by atoms with Crippen molar-refractivity contribution >= 4 is 16.5 Å². The van der Waals surface area contributed by atoms with Crippen molar-refractivity contribution in [3.63, 3.8) is 0 Å². The van der Waals surface area contributed by atoms with Crippen LogP contribution in [0.5, 0.6) is 5.75 Å². The minimum atomic E-state index is -0.142. The summed E-state index contributed by atoms with van der Waals surface area (Å²) < 4.78 is 0. The molecule has 0 bridgehead atoms. The van der Waals surface area contributed by atoms with Gasteiger partial charge in [0.25, 0.3) is 0 Å². The Morgan fingerprint density at radius 1 is 1.04 bits per heavy atom. The van der Waals surface area contributed by atoms with Crippen LogP contribution in [0, 0.1) is 0 Å². The van der Waals surface area contributed by atoms with Crippen molar-refractivity contribution in [2.45, 2.75) is 19.1 Å². The van der Waals surface area contributed by atoms with Crippen LogP contribution >= 0.6 is 0 Å². The number of aliphatic hydroxyl groups is 1. The quantitative estimate of drug-likeness (QED) is 0.893. The number of aromatic hydroxyl groups is 1. The third-order valence-corrected chi connectivity index (χ3v) is 5.83. The van der Waals surface area contributed by atoms with Gasteiger partial charge in [0.2, 0.25) is 0 Å². The molecule has 0 radical (unpaired) electrons. The topological polar surface area (TPSA) is 50.2 Å². The van der Waals surface area contributed by atoms with Gasteiger partial charge in [0, 0.05) is 56.6 Å². The monoisotopic (exact) mass is 341 g/mol. The fraction of sp³-hybridized carbons (Fsp3) is 0.500. The third-order valence-electron chi connectivity index (χ3n) is 5.83. The fourth-order valence-electron chi connectivity index (χ4n) is 4.18. The van der Waals surface area contributed by atoms with Crippen molar-refractivity contribution in [1.82, 2.24) is 9.80 Å². The van der Waals surface area contributed by atoms with Crippen molar-refractivity contribution in [2.75, 3.05) is 51.2 Å². The first-order chi connectivity index (χ1) is 12.2. The number of nitrogens with zero attached hydrogens (tertiary/aromatic N) is 3. The van der Waals surface area contributed by atoms with E-state index in [1.54, 1.807) is 6.07 Å². The van der Waals surface area contributed by atoms with E-state index in [4.69, 9.17) is 0 Å². The summed E-state index contributed by atoms with van der Waals surface area (Å²) in [5, 5.41) is 21.6. The second-order valence-corrected chi connectivity index (χ2v) is 7.35. The van der Waals surface area contributed by atoms with Crippen molar-refractivity contribution in [3.8, 4) is 5.75 Å². The molecule has 0 saturated carbocycles. The molecule has 2 heterocycles. The fourth-order valence-corrected chi connectivity index (χ4v) is 4.18. The number of hydrogen-bond acceptors (Lipinski definition) is 5. The average Bonchev–Trinajstić information content (AvgIpc) is 3.12. The van der Waals surface area contributed by atoms with Gasteiger partial charge in [-0.25, -0.2) is 0 Å². The third kappa shape index (κ3) is 3.19. The number of likely N-dealkylation sites (N-methyl/N-ethyl adjacent to an activating group) is 1. The number of fused-ring (bicyclic) bond motifs is 1. The Hall–Kier alpha value is -1.82. The number of rotatable bonds is 3. The van der Waals surface area contributed by atoms with E-state index in [-0.39, 0.29) is 12.4 Å². The van der Waals surface area contributed by atoms with E-state index < -0.39 is 0 Å². The molecule has 25 heavy (non-hydrogen) atoms. The zero-order chi connectivity index (χ0) is 17.4. The van der Waals surface area contributed by atoms with E-state index in [1.807, 2.05) is 6.07 Å². The maximum atomic E-state index is 10.0. The van der Waals surface area contributed by atoms with E-state index in [0.717, 1.165) is 50.0 Å². The van der Waals surface area contributed by atoms with E-state index in [9.17, 15) is 10.2 Å². The minimum Gasteiger partial charge on any atom is -0.508 e. The first-order valence-electron chi connectivity index (χ1n) is 9.18. The van der Waals surface area contributed by atoms with Crippen molar-refractivity contribution in [1.29, 1.82) is 0 Å². The van der Waals surface area contributed by atoms with Crippen LogP contribution in [0.4, 0.5) is 5.69 Å². The predicted molar refractivity (Wildman–Crippen MR) is 101 cm³/mol. The number of phenols is 1. The number of anilines is 1. The molecule has 0 amide bonds. The van der Waals surface area contributed by atoms with Crippen LogP contribution in [-0.4, -0.2) is 72.4 Å². The maximum Gasteiger partial charge on any atom is 0.121 e. The summed E-state index contributed by atoms with van der Waals surface area (Å²) in [6.45, 7) is 6.62. The van der Waals surface area contributed by atoms with Crippen LogP contribution in [-0.2, 0) is 6.61 Å². The summed E-state index contributed by atoms with van der Waals surface area (Å²) in [5.74, 6) is 0.170. The lowest BCUT2D eigenvalue weighted by atomic mass is 10.0. The van der Waals surface area contributed by atoms with Gasteiger partial charge in [-0.15, -0.1) is 0 Å². The lowest BCUT2D eigenvalue weighted by Gasteiger charge is -2.36. The van der Waals surface area contributed by atoms with E-state index in [1.165, 1.54) is 12.1 Å². The second-order valence-electron chi connectivity index (χ2n) is 7.35. The number of piperazine rings is 1. The van der Waals surface area contributed by atoms with Crippen molar-refractivity contribution < 1.29 is 10.2 Å². The predicted octanol–water partition coefficient (Wildman–Crippen LogP) is 1.86. The zero-order valence-electron chi connectivity index (χ0n) is 14.9. The molecule has 134 valence electrons. The minimum absolute atomic E-state index is 0.142. The summed E-state index contributed by atoms with van der Waals surface area (Å²) in [5.41, 5.74) is 1.80. The Morgan fingerprint density at radius 3 is 2.56 bits per heavy atom. The summed E-state index contributed by atoms with van der Waals surface area (Å²) in [7, 11) is 2.20. The molecule has 1 atom stereocenters. The Morgan fingerprint density at radius 2 is 1.80 bits per heavy atom. The molecule has 2 aromatic carbocycles. The van der Waals surface area contributed by atoms with Crippen LogP contribution in [0.15, 0.2) is 30.3 Å². The molecule has 2 aromatic rings. The van der Waals surface area contributed by atoms with Crippen LogP contribution in [0.2, 0.25) is 0 Å². The van der Waals surface area contributed by atoms with E-state index in [0.29, 0.717) is 11.6 Å². The Balaban J connectivity index is 1.54. The number of aliphatic hydroxyl groups excluding tert-OH is 1. The highest BCUT2D eigenvalue weighted by Gasteiger charge is 2.29. The number of hydrogen-bond donors (Lipinski definition) is 2. The van der Waals surface area contributed by atoms with Gasteiger partial charge in [-0.1, -0.05) is 12.1 Å². The maximum absolute atomic E-state index is 10.0. The Bertz CT molecular complexity index is 756. The van der Waals surface area contributed by atoms with Gasteiger partial charge in [0.05, 0.1) is 6.61 Å². The normalized spacial score (nSPS) is 22.8. The van der Waals surface area contributed by atoms with Gasteiger partial charge in [-0.2, -0.15) is 0 Å². The first-order valence-corrected chi connectivity index (χ1v) is 9.18. The zero-order valence-corrected chi connectivity index (χ0v) is 14.9. The lowest BCUT2D eigenvalue weighted by molar-refractivity contribution is 0.120. The molecule has 2 saturated heterocycles. The molecule has 2 aliphatic rings. The molecule has 2 N–H and O–H groups in total. The van der Waals surface area contributed by atoms with Crippen molar-refractivity contribution in [2.24, 2.45) is 0 Å². The van der Waals surface area contributed by atoms with Gasteiger partial charge in [-0.3, -0.25) is 4.90 Å². The number of benzene rings is 2. The van der Waals surface area contributed by atoms with E-state index >= 15 is 0 Å². The largest absolute Gasteiger partial charge is 0.508 e. The highest BCUT2D eigenvalue weighted by Crippen LogP contribution is 2.32. The molecule has 0 aliphatic carbocycles. The second kappa shape index (κ2) is 6.83. The molecule has 5 heteroatoms. The smallest absolute Gasteiger partial charge is 0.121 e. The molecular formula is C20H27N3O2. The molecule has 4 rings (SSSR count). The average molecular weight is 341 g/mol. The molecule has 2 fully saturated rings. The summed E-state index contributed by atoms with van der Waals surface area (Å²) in [6.07, 6.45) is 1.20. The van der Waals surface area contributed by atoms with Crippen LogP contribution in [0.25, 0.3) is 10.8 Å². The molecular weight excluding hydrogens is 314 g/mol. The van der Waals surface area contributed by atoms with Gasteiger partial charge >= 0.3 is 0 Å². The molecule has 5 nitrogen and oxygen atoms in total. The molecule has 0 aromatic heterocycles. The molecule has 1 unspecified atom stereocenters. The summed E-state index contributed by atoms with van der Waals surface area (Å²) >= 11 is 0. The highest BCUT2D eigenvalue weighted by atomic mass is 16.3. The van der Waals surface area contributed by atoms with Gasteiger partial charge in [-0.05, 0) is 42.4 Å².